The SMILES string of the molecule is CCN1CCC(CNCC(O)c2ccccc2F)C1. The first kappa shape index (κ1) is 14.4. The fraction of sp³-hybridized carbons (Fsp3) is 0.600. The highest BCUT2D eigenvalue weighted by molar-refractivity contribution is 5.19. The normalized spacial score (nSPS) is 21.7. The third kappa shape index (κ3) is 4.00. The molecule has 106 valence electrons. The van der Waals surface area contributed by atoms with Crippen LogP contribution in [0.2, 0.25) is 0 Å². The molecule has 0 amide bonds. The Hall–Kier alpha value is -0.970. The average Bonchev–Trinajstić information content (AvgIpc) is 2.87. The Morgan fingerprint density at radius 1 is 1.47 bits per heavy atom. The first-order valence-electron chi connectivity index (χ1n) is 7.06. The van der Waals surface area contributed by atoms with Crippen LogP contribution in [0.4, 0.5) is 4.39 Å². The van der Waals surface area contributed by atoms with E-state index >= 15 is 0 Å². The maximum Gasteiger partial charge on any atom is 0.129 e. The molecule has 4 heteroatoms. The van der Waals surface area contributed by atoms with Crippen LogP contribution >= 0.6 is 0 Å². The number of nitrogens with zero attached hydrogens (tertiary/aromatic N) is 1. The van der Waals surface area contributed by atoms with Crippen molar-refractivity contribution in [3.8, 4) is 0 Å². The fourth-order valence-corrected chi connectivity index (χ4v) is 2.65. The van der Waals surface area contributed by atoms with E-state index in [1.54, 1.807) is 18.2 Å². The largest absolute Gasteiger partial charge is 0.387 e. The molecule has 1 aliphatic heterocycles. The maximum atomic E-state index is 13.5. The molecular weight excluding hydrogens is 243 g/mol. The third-order valence-corrected chi connectivity index (χ3v) is 3.85. The number of aliphatic hydroxyl groups is 1. The van der Waals surface area contributed by atoms with Crippen LogP contribution in [0.3, 0.4) is 0 Å². The highest BCUT2D eigenvalue weighted by atomic mass is 19.1. The van der Waals surface area contributed by atoms with Gasteiger partial charge in [-0.05, 0) is 38.0 Å². The maximum absolute atomic E-state index is 13.5. The van der Waals surface area contributed by atoms with Gasteiger partial charge in [-0.3, -0.25) is 0 Å². The van der Waals surface area contributed by atoms with Gasteiger partial charge in [-0.2, -0.15) is 0 Å². The molecule has 1 heterocycles. The molecule has 1 fully saturated rings. The zero-order chi connectivity index (χ0) is 13.7. The van der Waals surface area contributed by atoms with Gasteiger partial charge in [0.1, 0.15) is 5.82 Å². The lowest BCUT2D eigenvalue weighted by Gasteiger charge is -2.16. The van der Waals surface area contributed by atoms with Gasteiger partial charge in [-0.15, -0.1) is 0 Å². The number of hydrogen-bond donors (Lipinski definition) is 2. The summed E-state index contributed by atoms with van der Waals surface area (Å²) >= 11 is 0. The minimum atomic E-state index is -0.773. The molecule has 2 unspecified atom stereocenters. The fourth-order valence-electron chi connectivity index (χ4n) is 2.65. The smallest absolute Gasteiger partial charge is 0.129 e. The number of aliphatic hydroxyl groups excluding tert-OH is 1. The number of likely N-dealkylation sites (tertiary alicyclic amines) is 1. The van der Waals surface area contributed by atoms with E-state index in [1.165, 1.54) is 19.0 Å². The summed E-state index contributed by atoms with van der Waals surface area (Å²) < 4.78 is 13.5. The van der Waals surface area contributed by atoms with Crippen molar-refractivity contribution in [2.24, 2.45) is 5.92 Å². The summed E-state index contributed by atoms with van der Waals surface area (Å²) in [6, 6.07) is 6.40. The first-order valence-corrected chi connectivity index (χ1v) is 7.06. The molecule has 0 radical (unpaired) electrons. The van der Waals surface area contributed by atoms with Crippen LogP contribution in [-0.4, -0.2) is 42.7 Å². The van der Waals surface area contributed by atoms with Crippen molar-refractivity contribution < 1.29 is 9.50 Å². The summed E-state index contributed by atoms with van der Waals surface area (Å²) in [6.07, 6.45) is 0.432. The van der Waals surface area contributed by atoms with E-state index in [0.717, 1.165) is 19.6 Å². The zero-order valence-corrected chi connectivity index (χ0v) is 11.5. The predicted octanol–water partition coefficient (Wildman–Crippen LogP) is 1.79. The summed E-state index contributed by atoms with van der Waals surface area (Å²) in [5.74, 6) is 0.308. The molecule has 2 rings (SSSR count). The lowest BCUT2D eigenvalue weighted by Crippen LogP contribution is -2.29. The molecule has 0 bridgehead atoms. The first-order chi connectivity index (χ1) is 9.20. The van der Waals surface area contributed by atoms with Crippen molar-refractivity contribution in [1.82, 2.24) is 10.2 Å². The Kier molecular flexibility index (Phi) is 5.31. The minimum absolute atomic E-state index is 0.338. The van der Waals surface area contributed by atoms with E-state index in [0.29, 0.717) is 18.0 Å². The molecule has 1 saturated heterocycles. The number of nitrogens with one attached hydrogen (secondary N) is 1. The minimum Gasteiger partial charge on any atom is -0.387 e. The van der Waals surface area contributed by atoms with Gasteiger partial charge in [-0.25, -0.2) is 4.39 Å². The molecule has 1 aromatic rings. The van der Waals surface area contributed by atoms with E-state index in [4.69, 9.17) is 0 Å². The summed E-state index contributed by atoms with van der Waals surface area (Å²) in [5.41, 5.74) is 0.372. The lowest BCUT2D eigenvalue weighted by atomic mass is 10.1. The summed E-state index contributed by atoms with van der Waals surface area (Å²) in [6.45, 7) is 6.87. The average molecular weight is 266 g/mol. The van der Waals surface area contributed by atoms with Crippen molar-refractivity contribution in [3.63, 3.8) is 0 Å². The second-order valence-corrected chi connectivity index (χ2v) is 5.24. The Morgan fingerprint density at radius 3 is 2.95 bits per heavy atom. The second kappa shape index (κ2) is 6.98. The molecule has 2 N–H and O–H groups in total. The molecular formula is C15H23FN2O. The summed E-state index contributed by atoms with van der Waals surface area (Å²) in [4.78, 5) is 2.43. The molecule has 3 nitrogen and oxygen atoms in total. The van der Waals surface area contributed by atoms with Crippen molar-refractivity contribution >= 4 is 0 Å². The highest BCUT2D eigenvalue weighted by Crippen LogP contribution is 2.17. The van der Waals surface area contributed by atoms with E-state index in [2.05, 4.69) is 17.1 Å². The van der Waals surface area contributed by atoms with Crippen LogP contribution in [0.25, 0.3) is 0 Å². The monoisotopic (exact) mass is 266 g/mol. The number of benzene rings is 1. The van der Waals surface area contributed by atoms with Crippen molar-refractivity contribution in [3.05, 3.63) is 35.6 Å². The zero-order valence-electron chi connectivity index (χ0n) is 11.5. The summed E-state index contributed by atoms with van der Waals surface area (Å²) in [7, 11) is 0. The quantitative estimate of drug-likeness (QED) is 0.824. The predicted molar refractivity (Wildman–Crippen MR) is 74.5 cm³/mol. The topological polar surface area (TPSA) is 35.5 Å². The van der Waals surface area contributed by atoms with Gasteiger partial charge in [0, 0.05) is 18.7 Å². The third-order valence-electron chi connectivity index (χ3n) is 3.85. The standard InChI is InChI=1S/C15H23FN2O/c1-2-18-8-7-12(11-18)9-17-10-15(19)13-5-3-4-6-14(13)16/h3-6,12,15,17,19H,2,7-11H2,1H3. The Balaban J connectivity index is 1.73. The molecule has 1 aliphatic rings. The van der Waals surface area contributed by atoms with Crippen LogP contribution in [0, 0.1) is 11.7 Å². The molecule has 1 aromatic carbocycles. The van der Waals surface area contributed by atoms with Crippen molar-refractivity contribution in [2.75, 3.05) is 32.7 Å². The van der Waals surface area contributed by atoms with Crippen molar-refractivity contribution in [1.29, 1.82) is 0 Å². The highest BCUT2D eigenvalue weighted by Gasteiger charge is 2.21. The van der Waals surface area contributed by atoms with Crippen LogP contribution in [-0.2, 0) is 0 Å². The van der Waals surface area contributed by atoms with Gasteiger partial charge in [0.15, 0.2) is 0 Å². The van der Waals surface area contributed by atoms with Gasteiger partial charge in [0.2, 0.25) is 0 Å². The number of rotatable bonds is 6. The molecule has 2 atom stereocenters. The van der Waals surface area contributed by atoms with Crippen molar-refractivity contribution in [2.45, 2.75) is 19.4 Å². The van der Waals surface area contributed by atoms with Crippen LogP contribution in [0.15, 0.2) is 24.3 Å². The van der Waals surface area contributed by atoms with E-state index in [1.807, 2.05) is 0 Å². The van der Waals surface area contributed by atoms with Crippen LogP contribution in [0.1, 0.15) is 25.0 Å². The van der Waals surface area contributed by atoms with Gasteiger partial charge in [-0.1, -0.05) is 25.1 Å². The number of halogens is 1. The van der Waals surface area contributed by atoms with Gasteiger partial charge >= 0.3 is 0 Å². The lowest BCUT2D eigenvalue weighted by molar-refractivity contribution is 0.168. The van der Waals surface area contributed by atoms with Gasteiger partial charge < -0.3 is 15.3 Å². The molecule has 0 spiro atoms. The Morgan fingerprint density at radius 2 is 2.26 bits per heavy atom. The second-order valence-electron chi connectivity index (χ2n) is 5.24. The summed E-state index contributed by atoms with van der Waals surface area (Å²) in [5, 5.41) is 13.2. The van der Waals surface area contributed by atoms with Gasteiger partial charge in [0.25, 0.3) is 0 Å². The molecule has 0 aromatic heterocycles. The number of hydrogen-bond acceptors (Lipinski definition) is 3. The molecule has 0 aliphatic carbocycles. The van der Waals surface area contributed by atoms with Crippen LogP contribution in [0.5, 0.6) is 0 Å². The van der Waals surface area contributed by atoms with E-state index < -0.39 is 6.10 Å². The Labute approximate surface area is 114 Å². The van der Waals surface area contributed by atoms with E-state index in [9.17, 15) is 9.50 Å². The molecule has 19 heavy (non-hydrogen) atoms. The van der Waals surface area contributed by atoms with Gasteiger partial charge in [0.05, 0.1) is 6.10 Å². The van der Waals surface area contributed by atoms with E-state index in [-0.39, 0.29) is 5.82 Å². The molecule has 0 saturated carbocycles. The Bertz CT molecular complexity index is 399. The van der Waals surface area contributed by atoms with Crippen LogP contribution < -0.4 is 5.32 Å².